The number of rotatable bonds is 4. The lowest BCUT2D eigenvalue weighted by atomic mass is 9.94. The summed E-state index contributed by atoms with van der Waals surface area (Å²) in [5.74, 6) is 5.13. The largest absolute Gasteiger partial charge is 0.491 e. The van der Waals surface area contributed by atoms with Crippen LogP contribution in [0.3, 0.4) is 0 Å². The minimum Gasteiger partial charge on any atom is -0.491 e. The van der Waals surface area contributed by atoms with E-state index in [2.05, 4.69) is 0 Å². The maximum absolute atomic E-state index is 12.1. The summed E-state index contributed by atoms with van der Waals surface area (Å²) in [6, 6.07) is 8.55. The van der Waals surface area contributed by atoms with Gasteiger partial charge in [-0.15, -0.1) is 0 Å². The van der Waals surface area contributed by atoms with E-state index in [1.807, 2.05) is 6.07 Å². The topological polar surface area (TPSA) is 81.9 Å². The van der Waals surface area contributed by atoms with Gasteiger partial charge in [0.05, 0.1) is 17.7 Å². The monoisotopic (exact) mass is 286 g/mol. The fourth-order valence-electron chi connectivity index (χ4n) is 2.45. The average molecular weight is 286 g/mol. The van der Waals surface area contributed by atoms with Crippen molar-refractivity contribution in [2.75, 3.05) is 20.3 Å². The third kappa shape index (κ3) is 2.05. The molecule has 2 amide bonds. The smallest absolute Gasteiger partial charge is 0.275 e. The van der Waals surface area contributed by atoms with Gasteiger partial charge in [0.15, 0.2) is 0 Å². The van der Waals surface area contributed by atoms with Crippen molar-refractivity contribution in [1.29, 1.82) is 0 Å². The lowest BCUT2D eigenvalue weighted by Crippen LogP contribution is -2.45. The molecule has 0 aromatic heterocycles. The molecule has 0 saturated heterocycles. The molecule has 2 aromatic rings. The van der Waals surface area contributed by atoms with Crippen LogP contribution < -0.4 is 10.6 Å². The Morgan fingerprint density at radius 2 is 1.76 bits per heavy atom. The highest BCUT2D eigenvalue weighted by Crippen LogP contribution is 2.34. The van der Waals surface area contributed by atoms with Crippen molar-refractivity contribution in [3.05, 3.63) is 41.5 Å². The van der Waals surface area contributed by atoms with Gasteiger partial charge < -0.3 is 9.47 Å². The molecule has 6 nitrogen and oxygen atoms in total. The molecule has 1 heterocycles. The van der Waals surface area contributed by atoms with Gasteiger partial charge >= 0.3 is 0 Å². The van der Waals surface area contributed by atoms with Crippen LogP contribution in [0.2, 0.25) is 0 Å². The third-order valence-corrected chi connectivity index (χ3v) is 3.44. The Morgan fingerprint density at radius 1 is 1.05 bits per heavy atom. The molecule has 2 aromatic carbocycles. The summed E-state index contributed by atoms with van der Waals surface area (Å²) >= 11 is 0. The predicted octanol–water partition coefficient (Wildman–Crippen LogP) is 1.33. The van der Waals surface area contributed by atoms with E-state index in [9.17, 15) is 9.59 Å². The number of ether oxygens (including phenoxy) is 2. The third-order valence-electron chi connectivity index (χ3n) is 3.44. The summed E-state index contributed by atoms with van der Waals surface area (Å²) in [4.78, 5) is 24.2. The van der Waals surface area contributed by atoms with Crippen LogP contribution in [0.15, 0.2) is 30.3 Å². The zero-order valence-electron chi connectivity index (χ0n) is 11.5. The Labute approximate surface area is 121 Å². The van der Waals surface area contributed by atoms with E-state index in [1.165, 1.54) is 0 Å². The number of hydrogen-bond donors (Lipinski definition) is 1. The van der Waals surface area contributed by atoms with Gasteiger partial charge in [-0.1, -0.05) is 12.1 Å². The molecule has 6 heteroatoms. The second kappa shape index (κ2) is 5.16. The Morgan fingerprint density at radius 3 is 2.48 bits per heavy atom. The first-order valence-corrected chi connectivity index (χ1v) is 6.46. The van der Waals surface area contributed by atoms with Crippen LogP contribution in [0.4, 0.5) is 0 Å². The molecule has 3 rings (SSSR count). The number of carbonyl (C=O) groups excluding carboxylic acids is 2. The number of carbonyl (C=O) groups is 2. The van der Waals surface area contributed by atoms with Gasteiger partial charge in [0.1, 0.15) is 12.4 Å². The van der Waals surface area contributed by atoms with Gasteiger partial charge in [0.25, 0.3) is 11.8 Å². The molecule has 0 saturated carbocycles. The number of amides is 2. The summed E-state index contributed by atoms with van der Waals surface area (Å²) in [7, 11) is 1.59. The summed E-state index contributed by atoms with van der Waals surface area (Å²) < 4.78 is 10.6. The van der Waals surface area contributed by atoms with Crippen LogP contribution in [0.1, 0.15) is 20.7 Å². The van der Waals surface area contributed by atoms with Crippen molar-refractivity contribution in [2.45, 2.75) is 0 Å². The fourth-order valence-corrected chi connectivity index (χ4v) is 2.45. The SMILES string of the molecule is COCCOc1ccc2c3c(cccc13)C(=O)N(N)C2=O. The molecule has 0 bridgehead atoms. The van der Waals surface area contributed by atoms with E-state index in [1.54, 1.807) is 31.4 Å². The fraction of sp³-hybridized carbons (Fsp3) is 0.200. The second-order valence-electron chi connectivity index (χ2n) is 4.66. The van der Waals surface area contributed by atoms with Crippen LogP contribution in [0, 0.1) is 0 Å². The van der Waals surface area contributed by atoms with Crippen molar-refractivity contribution in [1.82, 2.24) is 5.01 Å². The lowest BCUT2D eigenvalue weighted by molar-refractivity contribution is 0.0610. The van der Waals surface area contributed by atoms with Gasteiger partial charge in [-0.3, -0.25) is 9.59 Å². The molecule has 0 radical (unpaired) electrons. The molecule has 1 aliphatic rings. The highest BCUT2D eigenvalue weighted by Gasteiger charge is 2.31. The van der Waals surface area contributed by atoms with Crippen LogP contribution in [0.5, 0.6) is 5.75 Å². The number of nitrogens with zero attached hydrogens (tertiary/aromatic N) is 1. The first-order chi connectivity index (χ1) is 10.1. The lowest BCUT2D eigenvalue weighted by Gasteiger charge is -2.23. The van der Waals surface area contributed by atoms with Gasteiger partial charge in [-0.2, -0.15) is 0 Å². The van der Waals surface area contributed by atoms with Gasteiger partial charge in [0, 0.05) is 17.9 Å². The maximum Gasteiger partial charge on any atom is 0.275 e. The van der Waals surface area contributed by atoms with Crippen LogP contribution in [-0.2, 0) is 4.74 Å². The normalized spacial score (nSPS) is 13.9. The second-order valence-corrected chi connectivity index (χ2v) is 4.66. The summed E-state index contributed by atoms with van der Waals surface area (Å²) in [5.41, 5.74) is 0.809. The molecule has 0 spiro atoms. The molecule has 0 fully saturated rings. The van der Waals surface area contributed by atoms with E-state index in [0.29, 0.717) is 40.5 Å². The Hall–Kier alpha value is -2.44. The van der Waals surface area contributed by atoms with Crippen molar-refractivity contribution >= 4 is 22.6 Å². The van der Waals surface area contributed by atoms with Crippen molar-refractivity contribution in [3.63, 3.8) is 0 Å². The molecule has 108 valence electrons. The minimum atomic E-state index is -0.507. The van der Waals surface area contributed by atoms with E-state index < -0.39 is 11.8 Å². The maximum atomic E-state index is 12.1. The molecule has 2 N–H and O–H groups in total. The van der Waals surface area contributed by atoms with E-state index >= 15 is 0 Å². The van der Waals surface area contributed by atoms with E-state index in [4.69, 9.17) is 15.3 Å². The standard InChI is InChI=1S/C15H14N2O4/c1-20-7-8-21-12-6-5-11-13-9(12)3-2-4-10(13)14(18)17(16)15(11)19/h2-6H,7-8,16H2,1H3. The average Bonchev–Trinajstić information content (AvgIpc) is 2.51. The molecule has 0 unspecified atom stereocenters. The number of methoxy groups -OCH3 is 1. The molecule has 21 heavy (non-hydrogen) atoms. The molecule has 1 aliphatic heterocycles. The quantitative estimate of drug-likeness (QED) is 0.397. The number of hydrazine groups is 1. The Bertz CT molecular complexity index is 720. The number of imide groups is 1. The number of benzene rings is 2. The minimum absolute atomic E-state index is 0.389. The van der Waals surface area contributed by atoms with Gasteiger partial charge in [-0.25, -0.2) is 10.9 Å². The molecule has 0 aliphatic carbocycles. The number of hydrogen-bond acceptors (Lipinski definition) is 5. The van der Waals surface area contributed by atoms with Crippen molar-refractivity contribution in [2.24, 2.45) is 5.84 Å². The first-order valence-electron chi connectivity index (χ1n) is 6.46. The summed E-state index contributed by atoms with van der Waals surface area (Å²) in [5, 5.41) is 1.95. The predicted molar refractivity (Wildman–Crippen MR) is 76.0 cm³/mol. The molecule has 0 atom stereocenters. The van der Waals surface area contributed by atoms with Crippen LogP contribution in [-0.4, -0.2) is 37.1 Å². The number of nitrogens with two attached hydrogens (primary N) is 1. The van der Waals surface area contributed by atoms with Gasteiger partial charge in [-0.05, 0) is 18.2 Å². The first kappa shape index (κ1) is 13.5. The van der Waals surface area contributed by atoms with E-state index in [-0.39, 0.29) is 0 Å². The molecular formula is C15H14N2O4. The molecular weight excluding hydrogens is 272 g/mol. The van der Waals surface area contributed by atoms with Gasteiger partial charge in [0.2, 0.25) is 0 Å². The zero-order valence-corrected chi connectivity index (χ0v) is 11.5. The van der Waals surface area contributed by atoms with Crippen molar-refractivity contribution in [3.8, 4) is 5.75 Å². The van der Waals surface area contributed by atoms with Crippen LogP contribution >= 0.6 is 0 Å². The zero-order chi connectivity index (χ0) is 15.0. The summed E-state index contributed by atoms with van der Waals surface area (Å²) in [6.45, 7) is 0.845. The van der Waals surface area contributed by atoms with Crippen LogP contribution in [0.25, 0.3) is 10.8 Å². The Balaban J connectivity index is 2.18. The van der Waals surface area contributed by atoms with E-state index in [0.717, 1.165) is 5.39 Å². The Kier molecular flexibility index (Phi) is 3.32. The highest BCUT2D eigenvalue weighted by atomic mass is 16.5. The van der Waals surface area contributed by atoms with Crippen molar-refractivity contribution < 1.29 is 19.1 Å². The highest BCUT2D eigenvalue weighted by molar-refractivity contribution is 6.25. The summed E-state index contributed by atoms with van der Waals surface area (Å²) in [6.07, 6.45) is 0.